The second kappa shape index (κ2) is 6.21. The van der Waals surface area contributed by atoms with Crippen LogP contribution in [0.25, 0.3) is 10.8 Å². The highest BCUT2D eigenvalue weighted by Crippen LogP contribution is 2.39. The monoisotopic (exact) mass is 460 g/mol. The summed E-state index contributed by atoms with van der Waals surface area (Å²) in [5, 5.41) is 37.0. The largest absolute Gasteiger partial charge is 0.478 e. The van der Waals surface area contributed by atoms with Crippen LogP contribution in [0.5, 0.6) is 0 Å². The van der Waals surface area contributed by atoms with E-state index in [0.717, 1.165) is 0 Å². The Kier molecular flexibility index (Phi) is 4.63. The quantitative estimate of drug-likeness (QED) is 0.542. The fourth-order valence-corrected chi connectivity index (χ4v) is 3.25. The van der Waals surface area contributed by atoms with Crippen molar-refractivity contribution in [1.29, 1.82) is 0 Å². The third kappa shape index (κ3) is 2.63. The number of rotatable bonds is 4. The third-order valence-corrected chi connectivity index (χ3v) is 5.24. The SMILES string of the molecule is O=C(O)c1c(C(=O)O)c(C(=O)O)c2c(Br)c(Br)ccc2c1C(=O)O. The lowest BCUT2D eigenvalue weighted by molar-refractivity contribution is 0.0621. The van der Waals surface area contributed by atoms with Gasteiger partial charge in [-0.3, -0.25) is 0 Å². The van der Waals surface area contributed by atoms with E-state index in [1.54, 1.807) is 0 Å². The van der Waals surface area contributed by atoms with Gasteiger partial charge < -0.3 is 20.4 Å². The number of fused-ring (bicyclic) bond motifs is 1. The summed E-state index contributed by atoms with van der Waals surface area (Å²) >= 11 is 6.20. The number of aromatic carboxylic acids is 4. The van der Waals surface area contributed by atoms with Gasteiger partial charge in [-0.1, -0.05) is 6.07 Å². The Morgan fingerprint density at radius 3 is 1.50 bits per heavy atom. The van der Waals surface area contributed by atoms with Gasteiger partial charge in [-0.25, -0.2) is 19.2 Å². The molecule has 0 bridgehead atoms. The van der Waals surface area contributed by atoms with Gasteiger partial charge in [0, 0.05) is 14.3 Å². The molecule has 0 aliphatic rings. The molecule has 0 atom stereocenters. The molecule has 0 aliphatic heterocycles. The van der Waals surface area contributed by atoms with Crippen LogP contribution in [0.4, 0.5) is 0 Å². The van der Waals surface area contributed by atoms with E-state index >= 15 is 0 Å². The molecule has 4 N–H and O–H groups in total. The number of carbonyl (C=O) groups is 4. The highest BCUT2D eigenvalue weighted by molar-refractivity contribution is 9.13. The number of halogens is 2. The zero-order valence-corrected chi connectivity index (χ0v) is 14.5. The number of benzene rings is 2. The lowest BCUT2D eigenvalue weighted by Gasteiger charge is -2.16. The van der Waals surface area contributed by atoms with Crippen LogP contribution in [0.15, 0.2) is 21.1 Å². The Bertz CT molecular complexity index is 948. The highest BCUT2D eigenvalue weighted by Gasteiger charge is 2.34. The van der Waals surface area contributed by atoms with Crippen molar-refractivity contribution in [2.45, 2.75) is 0 Å². The average Bonchev–Trinajstić information content (AvgIpc) is 2.47. The number of hydrogen-bond acceptors (Lipinski definition) is 4. The van der Waals surface area contributed by atoms with Crippen molar-refractivity contribution in [3.63, 3.8) is 0 Å². The van der Waals surface area contributed by atoms with Crippen LogP contribution in [-0.4, -0.2) is 44.3 Å². The summed E-state index contributed by atoms with van der Waals surface area (Å²) in [5.74, 6) is -7.10. The molecule has 0 unspecified atom stereocenters. The molecule has 0 spiro atoms. The van der Waals surface area contributed by atoms with Crippen LogP contribution >= 0.6 is 31.9 Å². The third-order valence-electron chi connectivity index (χ3n) is 3.22. The van der Waals surface area contributed by atoms with Crippen LogP contribution in [0.1, 0.15) is 41.4 Å². The minimum absolute atomic E-state index is 0.0966. The summed E-state index contributed by atoms with van der Waals surface area (Å²) in [4.78, 5) is 46.2. The van der Waals surface area contributed by atoms with Gasteiger partial charge in [0.25, 0.3) is 0 Å². The van der Waals surface area contributed by atoms with Gasteiger partial charge in [-0.2, -0.15) is 0 Å². The Hall–Kier alpha value is -2.46. The minimum Gasteiger partial charge on any atom is -0.478 e. The van der Waals surface area contributed by atoms with Crippen LogP contribution in [0, 0.1) is 0 Å². The van der Waals surface area contributed by atoms with E-state index in [9.17, 15) is 39.6 Å². The fraction of sp³-hybridized carbons (Fsp3) is 0. The van der Waals surface area contributed by atoms with E-state index in [2.05, 4.69) is 31.9 Å². The van der Waals surface area contributed by atoms with Gasteiger partial charge in [0.1, 0.15) is 0 Å². The van der Waals surface area contributed by atoms with Crippen molar-refractivity contribution < 1.29 is 39.6 Å². The summed E-state index contributed by atoms with van der Waals surface area (Å²) in [6.45, 7) is 0. The van der Waals surface area contributed by atoms with E-state index in [1.165, 1.54) is 12.1 Å². The lowest BCUT2D eigenvalue weighted by atomic mass is 9.88. The van der Waals surface area contributed by atoms with Crippen molar-refractivity contribution >= 4 is 66.5 Å². The molecule has 2 rings (SSSR count). The second-order valence-electron chi connectivity index (χ2n) is 4.50. The Morgan fingerprint density at radius 2 is 1.08 bits per heavy atom. The predicted molar refractivity (Wildman–Crippen MR) is 87.2 cm³/mol. The van der Waals surface area contributed by atoms with Gasteiger partial charge in [-0.05, 0) is 43.3 Å². The average molecular weight is 462 g/mol. The maximum atomic E-state index is 11.6. The molecule has 0 aromatic heterocycles. The first-order valence-electron chi connectivity index (χ1n) is 6.00. The van der Waals surface area contributed by atoms with Crippen LogP contribution in [0.3, 0.4) is 0 Å². The standard InChI is InChI=1S/C14H6Br2O8/c15-4-2-1-3-5(10(4)16)7(12(19)20)9(14(23)24)8(13(21)22)6(3)11(17)18/h1-2H,(H,17,18)(H,19,20)(H,21,22)(H,23,24). The molecule has 10 heteroatoms. The molecule has 24 heavy (non-hydrogen) atoms. The van der Waals surface area contributed by atoms with E-state index in [1.807, 2.05) is 0 Å². The molecular formula is C14H6Br2O8. The first-order chi connectivity index (χ1) is 11.1. The number of hydrogen-bond donors (Lipinski definition) is 4. The number of carboxylic acids is 4. The topological polar surface area (TPSA) is 149 Å². The van der Waals surface area contributed by atoms with Crippen LogP contribution in [0.2, 0.25) is 0 Å². The van der Waals surface area contributed by atoms with Crippen molar-refractivity contribution in [2.75, 3.05) is 0 Å². The minimum atomic E-state index is -1.86. The maximum Gasteiger partial charge on any atom is 0.337 e. The molecule has 0 saturated carbocycles. The zero-order chi connectivity index (χ0) is 18.3. The molecule has 2 aromatic rings. The van der Waals surface area contributed by atoms with E-state index < -0.39 is 46.1 Å². The predicted octanol–water partition coefficient (Wildman–Crippen LogP) is 3.16. The van der Waals surface area contributed by atoms with Gasteiger partial charge in [-0.15, -0.1) is 0 Å². The van der Waals surface area contributed by atoms with Crippen molar-refractivity contribution in [3.05, 3.63) is 43.3 Å². The molecule has 0 heterocycles. The van der Waals surface area contributed by atoms with E-state index in [0.29, 0.717) is 4.47 Å². The molecule has 0 radical (unpaired) electrons. The Balaban J connectivity index is 3.36. The molecule has 8 nitrogen and oxygen atoms in total. The summed E-state index contributed by atoms with van der Waals surface area (Å²) in [6, 6.07) is 2.59. The smallest absolute Gasteiger partial charge is 0.337 e. The molecule has 0 aliphatic carbocycles. The summed E-state index contributed by atoms with van der Waals surface area (Å²) in [5.41, 5.74) is -3.80. The van der Waals surface area contributed by atoms with Gasteiger partial charge in [0.05, 0.1) is 22.3 Å². The second-order valence-corrected chi connectivity index (χ2v) is 6.15. The summed E-state index contributed by atoms with van der Waals surface area (Å²) in [7, 11) is 0. The van der Waals surface area contributed by atoms with E-state index in [-0.39, 0.29) is 15.2 Å². The molecule has 124 valence electrons. The molecule has 0 fully saturated rings. The normalized spacial score (nSPS) is 10.6. The first-order valence-corrected chi connectivity index (χ1v) is 7.59. The maximum absolute atomic E-state index is 11.6. The highest BCUT2D eigenvalue weighted by atomic mass is 79.9. The fourth-order valence-electron chi connectivity index (χ4n) is 2.38. The lowest BCUT2D eigenvalue weighted by Crippen LogP contribution is -2.20. The molecule has 0 amide bonds. The van der Waals surface area contributed by atoms with Gasteiger partial charge in [0.15, 0.2) is 0 Å². The van der Waals surface area contributed by atoms with Gasteiger partial charge >= 0.3 is 23.9 Å². The van der Waals surface area contributed by atoms with Crippen LogP contribution in [-0.2, 0) is 0 Å². The van der Waals surface area contributed by atoms with Crippen LogP contribution < -0.4 is 0 Å². The zero-order valence-electron chi connectivity index (χ0n) is 11.3. The molecule has 2 aromatic carbocycles. The van der Waals surface area contributed by atoms with Crippen molar-refractivity contribution in [3.8, 4) is 0 Å². The Labute approximate surface area is 149 Å². The van der Waals surface area contributed by atoms with Crippen molar-refractivity contribution in [2.24, 2.45) is 0 Å². The van der Waals surface area contributed by atoms with Gasteiger partial charge in [0.2, 0.25) is 0 Å². The first kappa shape index (κ1) is 17.9. The van der Waals surface area contributed by atoms with Crippen molar-refractivity contribution in [1.82, 2.24) is 0 Å². The summed E-state index contributed by atoms with van der Waals surface area (Å²) < 4.78 is 0.438. The Morgan fingerprint density at radius 1 is 0.667 bits per heavy atom. The summed E-state index contributed by atoms with van der Waals surface area (Å²) in [6.07, 6.45) is 0. The number of carboxylic acid groups (broad SMARTS) is 4. The molecular weight excluding hydrogens is 456 g/mol. The van der Waals surface area contributed by atoms with E-state index in [4.69, 9.17) is 0 Å². The molecule has 0 saturated heterocycles.